The first-order valence-corrected chi connectivity index (χ1v) is 10.0. The van der Waals surface area contributed by atoms with E-state index in [0.29, 0.717) is 16.5 Å². The van der Waals surface area contributed by atoms with Crippen LogP contribution >= 0.6 is 11.3 Å². The Bertz CT molecular complexity index is 1200. The Morgan fingerprint density at radius 3 is 2.50 bits per heavy atom. The van der Waals surface area contributed by atoms with Crippen LogP contribution in [-0.4, -0.2) is 16.8 Å². The molecule has 0 radical (unpaired) electrons. The van der Waals surface area contributed by atoms with Gasteiger partial charge >= 0.3 is 0 Å². The molecule has 3 aromatic rings. The first kappa shape index (κ1) is 20.0. The van der Waals surface area contributed by atoms with Gasteiger partial charge in [0.05, 0.1) is 11.3 Å². The molecular formula is C23H17F2NO3S. The van der Waals surface area contributed by atoms with Crippen molar-refractivity contribution >= 4 is 34.5 Å². The average Bonchev–Trinajstić information content (AvgIpc) is 3.31. The molecule has 1 unspecified atom stereocenters. The monoisotopic (exact) mass is 425 g/mol. The molecule has 1 aliphatic rings. The van der Waals surface area contributed by atoms with Crippen molar-refractivity contribution in [2.75, 3.05) is 4.90 Å². The maximum Gasteiger partial charge on any atom is 0.300 e. The van der Waals surface area contributed by atoms with Crippen LogP contribution in [-0.2, 0) is 9.59 Å². The first-order chi connectivity index (χ1) is 14.3. The van der Waals surface area contributed by atoms with Gasteiger partial charge in [0.25, 0.3) is 11.7 Å². The Morgan fingerprint density at radius 1 is 1.07 bits per heavy atom. The van der Waals surface area contributed by atoms with E-state index < -0.39 is 29.4 Å². The van der Waals surface area contributed by atoms with E-state index in [2.05, 4.69) is 0 Å². The largest absolute Gasteiger partial charge is 0.507 e. The summed E-state index contributed by atoms with van der Waals surface area (Å²) in [5.74, 6) is -3.99. The minimum absolute atomic E-state index is 0.125. The molecule has 1 N–H and O–H groups in total. The van der Waals surface area contributed by atoms with Crippen LogP contribution in [0.15, 0.2) is 59.5 Å². The molecule has 7 heteroatoms. The number of thiophene rings is 1. The summed E-state index contributed by atoms with van der Waals surface area (Å²) in [6.45, 7) is 3.63. The maximum absolute atomic E-state index is 14.6. The van der Waals surface area contributed by atoms with E-state index in [9.17, 15) is 23.5 Å². The lowest BCUT2D eigenvalue weighted by molar-refractivity contribution is -0.132. The van der Waals surface area contributed by atoms with Crippen molar-refractivity contribution < 1.29 is 23.5 Å². The van der Waals surface area contributed by atoms with Gasteiger partial charge < -0.3 is 5.11 Å². The number of nitrogens with zero attached hydrogens (tertiary/aromatic N) is 1. The van der Waals surface area contributed by atoms with Crippen molar-refractivity contribution in [2.24, 2.45) is 0 Å². The first-order valence-electron chi connectivity index (χ1n) is 9.16. The molecule has 152 valence electrons. The molecular weight excluding hydrogens is 408 g/mol. The number of ketones is 1. The lowest BCUT2D eigenvalue weighted by Crippen LogP contribution is -2.30. The Balaban J connectivity index is 1.98. The molecule has 2 heterocycles. The number of carbonyl (C=O) groups excluding carboxylic acids is 2. The van der Waals surface area contributed by atoms with Crippen LogP contribution in [0.2, 0.25) is 0 Å². The van der Waals surface area contributed by atoms with Gasteiger partial charge in [-0.25, -0.2) is 8.78 Å². The second-order valence-electron chi connectivity index (χ2n) is 7.10. The number of halogens is 2. The van der Waals surface area contributed by atoms with Crippen molar-refractivity contribution in [1.82, 2.24) is 0 Å². The third kappa shape index (κ3) is 3.21. The van der Waals surface area contributed by atoms with Crippen LogP contribution in [0.4, 0.5) is 14.5 Å². The highest BCUT2D eigenvalue weighted by molar-refractivity contribution is 7.10. The zero-order chi connectivity index (χ0) is 21.6. The smallest absolute Gasteiger partial charge is 0.300 e. The van der Waals surface area contributed by atoms with E-state index in [1.165, 1.54) is 11.3 Å². The van der Waals surface area contributed by atoms with Gasteiger partial charge in [0.2, 0.25) is 0 Å². The molecule has 1 saturated heterocycles. The van der Waals surface area contributed by atoms with E-state index in [-0.39, 0.29) is 17.0 Å². The Labute approximate surface area is 175 Å². The summed E-state index contributed by atoms with van der Waals surface area (Å²) in [6, 6.07) is 10.6. The maximum atomic E-state index is 14.6. The van der Waals surface area contributed by atoms with E-state index in [0.717, 1.165) is 28.2 Å². The molecule has 4 nitrogen and oxygen atoms in total. The zero-order valence-electron chi connectivity index (χ0n) is 16.1. The molecule has 1 amide bonds. The predicted octanol–water partition coefficient (Wildman–Crippen LogP) is 5.27. The number of aliphatic hydroxyl groups excluding tert-OH is 1. The van der Waals surface area contributed by atoms with Gasteiger partial charge in [-0.1, -0.05) is 23.8 Å². The lowest BCUT2D eigenvalue weighted by atomic mass is 9.96. The van der Waals surface area contributed by atoms with Crippen LogP contribution in [0, 0.1) is 25.5 Å². The van der Waals surface area contributed by atoms with Crippen molar-refractivity contribution in [1.29, 1.82) is 0 Å². The number of aliphatic hydroxyl groups is 1. The number of carbonyl (C=O) groups is 2. The molecule has 1 fully saturated rings. The molecule has 1 aliphatic heterocycles. The number of benzene rings is 2. The molecule has 1 aromatic heterocycles. The Kier molecular flexibility index (Phi) is 4.99. The Morgan fingerprint density at radius 2 is 1.83 bits per heavy atom. The van der Waals surface area contributed by atoms with E-state index in [1.54, 1.807) is 36.6 Å². The SMILES string of the molecule is Cc1ccc(C)c(/C(O)=C2/C(=O)C(=O)N(c3ccc(F)cc3F)C2c2cccs2)c1. The molecule has 30 heavy (non-hydrogen) atoms. The van der Waals surface area contributed by atoms with Crippen molar-refractivity contribution in [3.8, 4) is 0 Å². The van der Waals surface area contributed by atoms with Crippen LogP contribution in [0.1, 0.15) is 27.6 Å². The highest BCUT2D eigenvalue weighted by Crippen LogP contribution is 2.44. The molecule has 0 bridgehead atoms. The third-order valence-corrected chi connectivity index (χ3v) is 6.00. The fraction of sp³-hybridized carbons (Fsp3) is 0.130. The summed E-state index contributed by atoms with van der Waals surface area (Å²) in [6.07, 6.45) is 0. The second-order valence-corrected chi connectivity index (χ2v) is 8.08. The summed E-state index contributed by atoms with van der Waals surface area (Å²) in [4.78, 5) is 27.5. The Hall–Kier alpha value is -3.32. The van der Waals surface area contributed by atoms with Crippen LogP contribution in [0.5, 0.6) is 0 Å². The van der Waals surface area contributed by atoms with E-state index in [4.69, 9.17) is 0 Å². The summed E-state index contributed by atoms with van der Waals surface area (Å²) in [7, 11) is 0. The summed E-state index contributed by atoms with van der Waals surface area (Å²) < 4.78 is 28.0. The molecule has 0 aliphatic carbocycles. The van der Waals surface area contributed by atoms with Gasteiger partial charge in [0.15, 0.2) is 0 Å². The number of hydrogen-bond acceptors (Lipinski definition) is 4. The number of hydrogen-bond donors (Lipinski definition) is 1. The second kappa shape index (κ2) is 7.50. The van der Waals surface area contributed by atoms with Crippen LogP contribution < -0.4 is 4.90 Å². The molecule has 0 spiro atoms. The number of rotatable bonds is 3. The fourth-order valence-corrected chi connectivity index (χ4v) is 4.43. The minimum Gasteiger partial charge on any atom is -0.507 e. The summed E-state index contributed by atoms with van der Waals surface area (Å²) in [5, 5.41) is 12.9. The zero-order valence-corrected chi connectivity index (χ0v) is 17.0. The van der Waals surface area contributed by atoms with Crippen LogP contribution in [0.25, 0.3) is 5.76 Å². The van der Waals surface area contributed by atoms with Crippen LogP contribution in [0.3, 0.4) is 0 Å². The van der Waals surface area contributed by atoms with Gasteiger partial charge in [-0.05, 0) is 49.1 Å². The molecule has 0 saturated carbocycles. The number of anilines is 1. The van der Waals surface area contributed by atoms with Gasteiger partial charge in [-0.15, -0.1) is 11.3 Å². The van der Waals surface area contributed by atoms with Crippen molar-refractivity contribution in [2.45, 2.75) is 19.9 Å². The number of Topliss-reactive ketones (excluding diaryl/α,β-unsaturated/α-hetero) is 1. The van der Waals surface area contributed by atoms with Gasteiger partial charge in [0.1, 0.15) is 23.4 Å². The highest BCUT2D eigenvalue weighted by atomic mass is 32.1. The van der Waals surface area contributed by atoms with E-state index >= 15 is 0 Å². The van der Waals surface area contributed by atoms with Crippen molar-refractivity contribution in [3.05, 3.63) is 92.7 Å². The topological polar surface area (TPSA) is 57.6 Å². The van der Waals surface area contributed by atoms with Gasteiger partial charge in [-0.3, -0.25) is 14.5 Å². The van der Waals surface area contributed by atoms with E-state index in [1.807, 2.05) is 13.0 Å². The van der Waals surface area contributed by atoms with Gasteiger partial charge in [-0.2, -0.15) is 0 Å². The molecule has 1 atom stereocenters. The third-order valence-electron chi connectivity index (χ3n) is 5.07. The molecule has 2 aromatic carbocycles. The summed E-state index contributed by atoms with van der Waals surface area (Å²) in [5.41, 5.74) is 1.67. The van der Waals surface area contributed by atoms with Crippen molar-refractivity contribution in [3.63, 3.8) is 0 Å². The number of aryl methyl sites for hydroxylation is 2. The number of amides is 1. The highest BCUT2D eigenvalue weighted by Gasteiger charge is 2.48. The molecule has 4 rings (SSSR count). The average molecular weight is 425 g/mol. The fourth-order valence-electron chi connectivity index (χ4n) is 3.61. The predicted molar refractivity (Wildman–Crippen MR) is 111 cm³/mol. The normalized spacial score (nSPS) is 18.3. The minimum atomic E-state index is -1.02. The lowest BCUT2D eigenvalue weighted by Gasteiger charge is -2.24. The standard InChI is InChI=1S/C23H17F2NO3S/c1-12-5-6-13(2)15(10-12)21(27)19-20(18-4-3-9-30-18)26(23(29)22(19)28)17-8-7-14(24)11-16(17)25/h3-11,20,27H,1-2H3/b21-19-. The summed E-state index contributed by atoms with van der Waals surface area (Å²) >= 11 is 1.27. The van der Waals surface area contributed by atoms with Gasteiger partial charge in [0, 0.05) is 16.5 Å². The quantitative estimate of drug-likeness (QED) is 0.353.